The zero-order valence-corrected chi connectivity index (χ0v) is 7.14. The van der Waals surface area contributed by atoms with Gasteiger partial charge in [-0.3, -0.25) is 0 Å². The Kier molecular flexibility index (Phi) is 1.44. The number of aryl methyl sites for hydroxylation is 1. The Morgan fingerprint density at radius 2 is 2.25 bits per heavy atom. The summed E-state index contributed by atoms with van der Waals surface area (Å²) in [4.78, 5) is 10.5. The van der Waals surface area contributed by atoms with Crippen LogP contribution >= 0.6 is 11.3 Å². The number of aromatic hydroxyl groups is 1. The molecule has 0 fully saturated rings. The second kappa shape index (κ2) is 2.35. The zero-order valence-electron chi connectivity index (χ0n) is 6.33. The number of phenols is 1. The smallest absolute Gasteiger partial charge is 0.396 e. The molecule has 1 N–H and O–H groups in total. The monoisotopic (exact) mass is 182 g/mol. The molecule has 0 saturated heterocycles. The van der Waals surface area contributed by atoms with Gasteiger partial charge in [0.15, 0.2) is 5.58 Å². The molecule has 2 aromatic rings. The lowest BCUT2D eigenvalue weighted by atomic mass is 10.2. The summed E-state index contributed by atoms with van der Waals surface area (Å²) in [6.45, 7) is 1.72. The van der Waals surface area contributed by atoms with Crippen molar-refractivity contribution in [2.45, 2.75) is 6.92 Å². The van der Waals surface area contributed by atoms with Crippen molar-refractivity contribution >= 4 is 21.6 Å². The summed E-state index contributed by atoms with van der Waals surface area (Å²) in [5, 5.41) is 9.27. The predicted octanol–water partition coefficient (Wildman–Crippen LogP) is 1.87. The van der Waals surface area contributed by atoms with E-state index in [2.05, 4.69) is 0 Å². The van der Waals surface area contributed by atoms with Crippen molar-refractivity contribution in [1.82, 2.24) is 0 Å². The minimum absolute atomic E-state index is 0.157. The van der Waals surface area contributed by atoms with Crippen molar-refractivity contribution in [2.75, 3.05) is 0 Å². The number of fused-ring (bicyclic) bond motifs is 1. The summed E-state index contributed by atoms with van der Waals surface area (Å²) in [5.41, 5.74) is 1.11. The lowest BCUT2D eigenvalue weighted by molar-refractivity contribution is 0.469. The zero-order chi connectivity index (χ0) is 8.72. The number of phenolic OH excluding ortho intramolecular Hbond substituents is 1. The molecular weight excluding hydrogens is 176 g/mol. The molecular formula is C8H6O3S. The molecule has 3 nitrogen and oxygen atoms in total. The van der Waals surface area contributed by atoms with Crippen LogP contribution in [0.1, 0.15) is 5.56 Å². The number of rotatable bonds is 0. The Morgan fingerprint density at radius 3 is 3.00 bits per heavy atom. The minimum Gasteiger partial charge on any atom is -0.508 e. The molecule has 0 unspecified atom stereocenters. The van der Waals surface area contributed by atoms with Crippen molar-refractivity contribution < 1.29 is 9.52 Å². The third-order valence-corrected chi connectivity index (χ3v) is 2.51. The lowest BCUT2D eigenvalue weighted by Crippen LogP contribution is -1.80. The van der Waals surface area contributed by atoms with E-state index in [4.69, 9.17) is 4.42 Å². The lowest BCUT2D eigenvalue weighted by Gasteiger charge is -1.95. The van der Waals surface area contributed by atoms with Crippen molar-refractivity contribution in [3.05, 3.63) is 27.4 Å². The molecule has 0 spiro atoms. The van der Waals surface area contributed by atoms with Crippen LogP contribution in [-0.4, -0.2) is 5.11 Å². The van der Waals surface area contributed by atoms with E-state index in [1.165, 1.54) is 0 Å². The average molecular weight is 182 g/mol. The van der Waals surface area contributed by atoms with Crippen LogP contribution in [0.5, 0.6) is 5.75 Å². The highest BCUT2D eigenvalue weighted by Crippen LogP contribution is 2.27. The van der Waals surface area contributed by atoms with E-state index < -0.39 is 0 Å². The molecule has 0 aliphatic heterocycles. The first-order valence-corrected chi connectivity index (χ1v) is 4.22. The first-order valence-electron chi connectivity index (χ1n) is 3.40. The SMILES string of the molecule is Cc1c(O)ccc2sc(=O)oc12. The van der Waals surface area contributed by atoms with E-state index in [1.807, 2.05) is 0 Å². The molecule has 12 heavy (non-hydrogen) atoms. The Balaban J connectivity index is 2.99. The van der Waals surface area contributed by atoms with Gasteiger partial charge in [0, 0.05) is 5.56 Å². The molecule has 0 saturated carbocycles. The molecule has 1 aromatic heterocycles. The van der Waals surface area contributed by atoms with Gasteiger partial charge in [-0.05, 0) is 19.1 Å². The van der Waals surface area contributed by atoms with E-state index >= 15 is 0 Å². The van der Waals surface area contributed by atoms with Crippen LogP contribution in [0.3, 0.4) is 0 Å². The highest BCUT2D eigenvalue weighted by Gasteiger charge is 2.07. The van der Waals surface area contributed by atoms with Crippen LogP contribution < -0.4 is 4.94 Å². The standard InChI is InChI=1S/C8H6O3S/c1-4-5(9)2-3-6-7(4)11-8(10)12-6/h2-3,9H,1H3. The molecule has 2 rings (SSSR count). The van der Waals surface area contributed by atoms with Crippen LogP contribution in [-0.2, 0) is 0 Å². The van der Waals surface area contributed by atoms with E-state index in [1.54, 1.807) is 19.1 Å². The van der Waals surface area contributed by atoms with E-state index in [-0.39, 0.29) is 10.7 Å². The summed E-state index contributed by atoms with van der Waals surface area (Å²) in [7, 11) is 0. The Hall–Kier alpha value is -1.29. The third-order valence-electron chi connectivity index (χ3n) is 1.72. The van der Waals surface area contributed by atoms with Crippen molar-refractivity contribution in [3.63, 3.8) is 0 Å². The van der Waals surface area contributed by atoms with Gasteiger partial charge in [0.1, 0.15) is 5.75 Å². The van der Waals surface area contributed by atoms with Crippen LogP contribution in [0.4, 0.5) is 0 Å². The topological polar surface area (TPSA) is 50.4 Å². The molecule has 1 aromatic carbocycles. The molecule has 0 atom stereocenters. The molecule has 0 aliphatic carbocycles. The highest BCUT2D eigenvalue weighted by molar-refractivity contribution is 7.16. The van der Waals surface area contributed by atoms with Crippen molar-refractivity contribution in [2.24, 2.45) is 0 Å². The van der Waals surface area contributed by atoms with Gasteiger partial charge in [0.2, 0.25) is 0 Å². The molecule has 0 aliphatic rings. The second-order valence-corrected chi connectivity index (χ2v) is 3.47. The number of benzene rings is 1. The Bertz CT molecular complexity index is 480. The summed E-state index contributed by atoms with van der Waals surface area (Å²) in [6, 6.07) is 3.23. The molecule has 62 valence electrons. The normalized spacial score (nSPS) is 10.8. The summed E-state index contributed by atoms with van der Waals surface area (Å²) >= 11 is 1.04. The first-order chi connectivity index (χ1) is 5.68. The van der Waals surface area contributed by atoms with E-state index in [9.17, 15) is 9.90 Å². The molecule has 0 amide bonds. The summed E-state index contributed by atoms with van der Waals surface area (Å²) in [5.74, 6) is 0.157. The van der Waals surface area contributed by atoms with Crippen LogP contribution in [0.2, 0.25) is 0 Å². The molecule has 0 radical (unpaired) electrons. The van der Waals surface area contributed by atoms with Gasteiger partial charge in [0.25, 0.3) is 0 Å². The van der Waals surface area contributed by atoms with Gasteiger partial charge in [-0.25, -0.2) is 4.79 Å². The van der Waals surface area contributed by atoms with Gasteiger partial charge >= 0.3 is 4.94 Å². The fraction of sp³-hybridized carbons (Fsp3) is 0.125. The maximum Gasteiger partial charge on any atom is 0.396 e. The summed E-state index contributed by atoms with van der Waals surface area (Å²) in [6.07, 6.45) is 0. The largest absolute Gasteiger partial charge is 0.508 e. The van der Waals surface area contributed by atoms with E-state index in [0.29, 0.717) is 11.1 Å². The molecule has 1 heterocycles. The van der Waals surface area contributed by atoms with Crippen LogP contribution in [0.15, 0.2) is 21.3 Å². The number of hydrogen-bond donors (Lipinski definition) is 1. The quantitative estimate of drug-likeness (QED) is 0.676. The minimum atomic E-state index is -0.335. The number of hydrogen-bond acceptors (Lipinski definition) is 4. The predicted molar refractivity (Wildman–Crippen MR) is 46.8 cm³/mol. The average Bonchev–Trinajstić information content (AvgIpc) is 2.39. The second-order valence-electron chi connectivity index (χ2n) is 2.49. The van der Waals surface area contributed by atoms with Gasteiger partial charge in [-0.1, -0.05) is 11.3 Å². The van der Waals surface area contributed by atoms with Gasteiger partial charge in [-0.15, -0.1) is 0 Å². The van der Waals surface area contributed by atoms with Gasteiger partial charge < -0.3 is 9.52 Å². The van der Waals surface area contributed by atoms with Gasteiger partial charge in [0.05, 0.1) is 4.70 Å². The maximum atomic E-state index is 10.8. The Morgan fingerprint density at radius 1 is 1.50 bits per heavy atom. The maximum absolute atomic E-state index is 10.8. The third kappa shape index (κ3) is 0.921. The van der Waals surface area contributed by atoms with Crippen molar-refractivity contribution in [1.29, 1.82) is 0 Å². The summed E-state index contributed by atoms with van der Waals surface area (Å²) < 4.78 is 5.66. The van der Waals surface area contributed by atoms with E-state index in [0.717, 1.165) is 16.0 Å². The highest BCUT2D eigenvalue weighted by atomic mass is 32.1. The van der Waals surface area contributed by atoms with Gasteiger partial charge in [-0.2, -0.15) is 0 Å². The van der Waals surface area contributed by atoms with Crippen LogP contribution in [0.25, 0.3) is 10.3 Å². The molecule has 4 heteroatoms. The fourth-order valence-corrected chi connectivity index (χ4v) is 1.79. The van der Waals surface area contributed by atoms with Crippen LogP contribution in [0, 0.1) is 6.92 Å². The molecule has 0 bridgehead atoms. The fourth-order valence-electron chi connectivity index (χ4n) is 1.06. The van der Waals surface area contributed by atoms with Crippen molar-refractivity contribution in [3.8, 4) is 5.75 Å². The Labute approximate surface area is 71.9 Å². The first kappa shape index (κ1) is 7.36.